The molecule has 0 radical (unpaired) electrons. The molecule has 1 aromatic carbocycles. The molecule has 9 heteroatoms. The van der Waals surface area contributed by atoms with Gasteiger partial charge >= 0.3 is 0 Å². The fourth-order valence-electron chi connectivity index (χ4n) is 2.48. The number of furan rings is 1. The Morgan fingerprint density at radius 2 is 2.00 bits per heavy atom. The predicted octanol–water partition coefficient (Wildman–Crippen LogP) is 3.12. The van der Waals surface area contributed by atoms with Gasteiger partial charge in [-0.1, -0.05) is 11.8 Å². The van der Waals surface area contributed by atoms with Gasteiger partial charge in [0.15, 0.2) is 16.7 Å². The summed E-state index contributed by atoms with van der Waals surface area (Å²) in [5, 5.41) is 11.8. The van der Waals surface area contributed by atoms with Crippen molar-refractivity contribution in [2.24, 2.45) is 0 Å². The maximum atomic E-state index is 12.3. The number of ketones is 1. The Bertz CT molecular complexity index is 936. The van der Waals surface area contributed by atoms with Gasteiger partial charge < -0.3 is 14.5 Å². The smallest absolute Gasteiger partial charge is 0.234 e. The molecule has 2 aromatic heterocycles. The van der Waals surface area contributed by atoms with Gasteiger partial charge in [-0.25, -0.2) is 0 Å². The number of thioether (sulfide) groups is 1. The molecular weight excluding hydrogens is 380 g/mol. The first-order valence-corrected chi connectivity index (χ1v) is 9.56. The third-order valence-corrected chi connectivity index (χ3v) is 4.85. The Balaban J connectivity index is 1.64. The molecule has 28 heavy (non-hydrogen) atoms. The Hall–Kier alpha value is -2.91. The summed E-state index contributed by atoms with van der Waals surface area (Å²) >= 11 is 1.28. The van der Waals surface area contributed by atoms with Crippen molar-refractivity contribution < 1.29 is 18.7 Å². The number of methoxy groups -OCH3 is 1. The zero-order valence-electron chi connectivity index (χ0n) is 15.5. The van der Waals surface area contributed by atoms with Gasteiger partial charge in [0, 0.05) is 18.4 Å². The van der Waals surface area contributed by atoms with E-state index < -0.39 is 0 Å². The van der Waals surface area contributed by atoms with Crippen molar-refractivity contribution in [2.75, 3.05) is 24.8 Å². The van der Waals surface area contributed by atoms with Gasteiger partial charge in [0.25, 0.3) is 0 Å². The van der Waals surface area contributed by atoms with Gasteiger partial charge in [-0.2, -0.15) is 0 Å². The Morgan fingerprint density at radius 3 is 2.64 bits per heavy atom. The lowest BCUT2D eigenvalue weighted by Crippen LogP contribution is -2.15. The zero-order chi connectivity index (χ0) is 19.9. The van der Waals surface area contributed by atoms with Crippen LogP contribution in [0.3, 0.4) is 0 Å². The van der Waals surface area contributed by atoms with Crippen LogP contribution in [0.4, 0.5) is 5.69 Å². The number of nitrogens with zero attached hydrogens (tertiary/aromatic N) is 3. The molecule has 146 valence electrons. The molecule has 0 fully saturated rings. The van der Waals surface area contributed by atoms with Gasteiger partial charge in [-0.3, -0.25) is 14.2 Å². The minimum absolute atomic E-state index is 0.0174. The largest absolute Gasteiger partial charge is 0.461 e. The second kappa shape index (κ2) is 9.34. The number of benzene rings is 1. The van der Waals surface area contributed by atoms with Crippen LogP contribution in [-0.4, -0.2) is 45.9 Å². The lowest BCUT2D eigenvalue weighted by atomic mass is 10.1. The van der Waals surface area contributed by atoms with Crippen molar-refractivity contribution in [3.63, 3.8) is 0 Å². The van der Waals surface area contributed by atoms with E-state index in [2.05, 4.69) is 15.5 Å². The van der Waals surface area contributed by atoms with Gasteiger partial charge in [0.2, 0.25) is 11.7 Å². The molecule has 8 nitrogen and oxygen atoms in total. The Labute approximate surface area is 166 Å². The third kappa shape index (κ3) is 4.87. The average Bonchev–Trinajstić information content (AvgIpc) is 3.34. The maximum absolute atomic E-state index is 12.3. The number of nitrogens with one attached hydrogen (secondary N) is 1. The summed E-state index contributed by atoms with van der Waals surface area (Å²) < 4.78 is 12.4. The Morgan fingerprint density at radius 1 is 1.21 bits per heavy atom. The van der Waals surface area contributed by atoms with E-state index in [1.54, 1.807) is 49.8 Å². The van der Waals surface area contributed by atoms with Crippen LogP contribution >= 0.6 is 11.8 Å². The van der Waals surface area contributed by atoms with E-state index in [4.69, 9.17) is 9.15 Å². The highest BCUT2D eigenvalue weighted by Crippen LogP contribution is 2.24. The van der Waals surface area contributed by atoms with Gasteiger partial charge in [-0.15, -0.1) is 10.2 Å². The average molecular weight is 400 g/mol. The topological polar surface area (TPSA) is 99.2 Å². The second-order valence-electron chi connectivity index (χ2n) is 5.90. The van der Waals surface area contributed by atoms with E-state index in [0.29, 0.717) is 41.1 Å². The monoisotopic (exact) mass is 400 g/mol. The molecule has 0 unspecified atom stereocenters. The van der Waals surface area contributed by atoms with E-state index in [1.165, 1.54) is 18.7 Å². The molecule has 1 amide bonds. The third-order valence-electron chi connectivity index (χ3n) is 3.88. The number of anilines is 1. The van der Waals surface area contributed by atoms with E-state index >= 15 is 0 Å². The highest BCUT2D eigenvalue weighted by atomic mass is 32.2. The van der Waals surface area contributed by atoms with Crippen molar-refractivity contribution >= 4 is 29.1 Å². The quantitative estimate of drug-likeness (QED) is 0.435. The molecular formula is C19H20N4O4S. The summed E-state index contributed by atoms with van der Waals surface area (Å²) in [6.45, 7) is 2.52. The SMILES string of the molecule is COCCn1c(SCC(=O)Nc2ccc(C(C)=O)cc2)nnc1-c1ccco1. The molecule has 0 bridgehead atoms. The number of Topliss-reactive ketones (excluding diaryl/α,β-unsaturated/α-hetero) is 1. The number of hydrogen-bond donors (Lipinski definition) is 1. The van der Waals surface area contributed by atoms with E-state index in [9.17, 15) is 9.59 Å². The van der Waals surface area contributed by atoms with E-state index in [0.717, 1.165) is 0 Å². The van der Waals surface area contributed by atoms with Gasteiger partial charge in [0.1, 0.15) is 0 Å². The first-order valence-electron chi connectivity index (χ1n) is 8.58. The van der Waals surface area contributed by atoms with Crippen LogP contribution in [0.1, 0.15) is 17.3 Å². The molecule has 0 saturated carbocycles. The summed E-state index contributed by atoms with van der Waals surface area (Å²) in [6.07, 6.45) is 1.57. The molecule has 0 aliphatic rings. The highest BCUT2D eigenvalue weighted by molar-refractivity contribution is 7.99. The number of amides is 1. The second-order valence-corrected chi connectivity index (χ2v) is 6.84. The fourth-order valence-corrected chi connectivity index (χ4v) is 3.25. The van der Waals surface area contributed by atoms with Crippen LogP contribution in [0.15, 0.2) is 52.2 Å². The van der Waals surface area contributed by atoms with Crippen LogP contribution in [0.25, 0.3) is 11.6 Å². The number of carbonyl (C=O) groups excluding carboxylic acids is 2. The molecule has 0 saturated heterocycles. The van der Waals surface area contributed by atoms with Crippen molar-refractivity contribution in [1.82, 2.24) is 14.8 Å². The van der Waals surface area contributed by atoms with Crippen molar-refractivity contribution in [2.45, 2.75) is 18.6 Å². The molecule has 3 aromatic rings. The summed E-state index contributed by atoms with van der Waals surface area (Å²) in [5.41, 5.74) is 1.23. The molecule has 0 aliphatic carbocycles. The Kier molecular flexibility index (Phi) is 6.62. The van der Waals surface area contributed by atoms with Crippen LogP contribution in [0, 0.1) is 0 Å². The number of hydrogen-bond acceptors (Lipinski definition) is 7. The minimum Gasteiger partial charge on any atom is -0.461 e. The number of aromatic nitrogens is 3. The van der Waals surface area contributed by atoms with Gasteiger partial charge in [-0.05, 0) is 43.3 Å². The van der Waals surface area contributed by atoms with E-state index in [1.807, 2.05) is 4.57 Å². The first-order chi connectivity index (χ1) is 13.6. The highest BCUT2D eigenvalue weighted by Gasteiger charge is 2.17. The van der Waals surface area contributed by atoms with Crippen LogP contribution in [0.5, 0.6) is 0 Å². The van der Waals surface area contributed by atoms with Crippen LogP contribution < -0.4 is 5.32 Å². The molecule has 1 N–H and O–H groups in total. The zero-order valence-corrected chi connectivity index (χ0v) is 16.4. The van der Waals surface area contributed by atoms with Crippen LogP contribution in [-0.2, 0) is 16.1 Å². The molecule has 3 rings (SSSR count). The lowest BCUT2D eigenvalue weighted by molar-refractivity contribution is -0.113. The molecule has 2 heterocycles. The standard InChI is InChI=1S/C19H20N4O4S/c1-13(24)14-5-7-15(8-6-14)20-17(25)12-28-19-22-21-18(16-4-3-10-27-16)23(19)9-11-26-2/h3-8,10H,9,11-12H2,1-2H3,(H,20,25). The molecule has 0 spiro atoms. The van der Waals surface area contributed by atoms with Crippen LogP contribution in [0.2, 0.25) is 0 Å². The van der Waals surface area contributed by atoms with Crippen molar-refractivity contribution in [3.8, 4) is 11.6 Å². The summed E-state index contributed by atoms with van der Waals surface area (Å²) in [6, 6.07) is 10.4. The lowest BCUT2D eigenvalue weighted by Gasteiger charge is -2.09. The molecule has 0 atom stereocenters. The van der Waals surface area contributed by atoms with E-state index in [-0.39, 0.29) is 17.4 Å². The normalized spacial score (nSPS) is 10.8. The number of ether oxygens (including phenoxy) is 1. The fraction of sp³-hybridized carbons (Fsp3) is 0.263. The van der Waals surface area contributed by atoms with Gasteiger partial charge in [0.05, 0.1) is 25.2 Å². The maximum Gasteiger partial charge on any atom is 0.234 e. The van der Waals surface area contributed by atoms with Crippen molar-refractivity contribution in [1.29, 1.82) is 0 Å². The molecule has 0 aliphatic heterocycles. The number of rotatable bonds is 9. The number of carbonyl (C=O) groups is 2. The minimum atomic E-state index is -0.179. The van der Waals surface area contributed by atoms with Crippen molar-refractivity contribution in [3.05, 3.63) is 48.2 Å². The first kappa shape index (κ1) is 19.8. The predicted molar refractivity (Wildman–Crippen MR) is 105 cm³/mol. The summed E-state index contributed by atoms with van der Waals surface area (Å²) in [5.74, 6) is 1.16. The summed E-state index contributed by atoms with van der Waals surface area (Å²) in [4.78, 5) is 23.6. The summed E-state index contributed by atoms with van der Waals surface area (Å²) in [7, 11) is 1.62.